The molecule has 0 heterocycles. The first-order valence-corrected chi connectivity index (χ1v) is 7.24. The minimum absolute atomic E-state index is 0.682. The normalized spacial score (nSPS) is 15.2. The van der Waals surface area contributed by atoms with E-state index in [0.717, 1.165) is 36.8 Å². The van der Waals surface area contributed by atoms with E-state index in [0.29, 0.717) is 5.02 Å². The Labute approximate surface area is 119 Å². The van der Waals surface area contributed by atoms with Crippen molar-refractivity contribution in [3.05, 3.63) is 39.9 Å². The van der Waals surface area contributed by atoms with Gasteiger partial charge in [0.05, 0.1) is 0 Å². The van der Waals surface area contributed by atoms with Crippen LogP contribution in [0.2, 0.25) is 5.02 Å². The molecule has 0 amide bonds. The van der Waals surface area contributed by atoms with Crippen LogP contribution in [0.15, 0.2) is 18.2 Å². The summed E-state index contributed by atoms with van der Waals surface area (Å²) in [5.74, 6) is -0.905. The van der Waals surface area contributed by atoms with Crippen LogP contribution in [-0.4, -0.2) is 11.1 Å². The van der Waals surface area contributed by atoms with Gasteiger partial charge in [-0.15, -0.1) is 0 Å². The lowest BCUT2D eigenvalue weighted by molar-refractivity contribution is -0.131. The van der Waals surface area contributed by atoms with E-state index in [-0.39, 0.29) is 0 Å². The second-order valence-corrected chi connectivity index (χ2v) is 5.47. The SMILES string of the molecule is CCC/C(=C\C(=O)O)c1cc2c(cc1Cl)CCCC2. The van der Waals surface area contributed by atoms with Crippen LogP contribution >= 0.6 is 11.6 Å². The van der Waals surface area contributed by atoms with Crippen molar-refractivity contribution in [1.82, 2.24) is 0 Å². The van der Waals surface area contributed by atoms with Crippen LogP contribution in [0.25, 0.3) is 5.57 Å². The molecule has 1 N–H and O–H groups in total. The Bertz CT molecular complexity index is 518. The molecule has 0 atom stereocenters. The molecule has 1 aliphatic carbocycles. The summed E-state index contributed by atoms with van der Waals surface area (Å²) in [4.78, 5) is 10.9. The molecule has 0 fully saturated rings. The lowest BCUT2D eigenvalue weighted by Crippen LogP contribution is -2.04. The molecule has 0 radical (unpaired) electrons. The molecule has 0 saturated heterocycles. The molecule has 1 aromatic carbocycles. The lowest BCUT2D eigenvalue weighted by atomic mass is 9.88. The average molecular weight is 279 g/mol. The zero-order chi connectivity index (χ0) is 13.8. The summed E-state index contributed by atoms with van der Waals surface area (Å²) >= 11 is 6.34. The highest BCUT2D eigenvalue weighted by molar-refractivity contribution is 6.32. The number of fused-ring (bicyclic) bond motifs is 1. The third-order valence-electron chi connectivity index (χ3n) is 3.59. The Hall–Kier alpha value is -1.28. The number of rotatable bonds is 4. The van der Waals surface area contributed by atoms with Crippen LogP contribution < -0.4 is 0 Å². The number of carbonyl (C=O) groups is 1. The van der Waals surface area contributed by atoms with Gasteiger partial charge in [-0.2, -0.15) is 0 Å². The van der Waals surface area contributed by atoms with Crippen molar-refractivity contribution in [2.45, 2.75) is 45.4 Å². The number of carboxylic acids is 1. The predicted octanol–water partition coefficient (Wildman–Crippen LogP) is 4.49. The zero-order valence-electron chi connectivity index (χ0n) is 11.2. The molecular weight excluding hydrogens is 260 g/mol. The van der Waals surface area contributed by atoms with E-state index >= 15 is 0 Å². The number of hydrogen-bond donors (Lipinski definition) is 1. The topological polar surface area (TPSA) is 37.3 Å². The quantitative estimate of drug-likeness (QED) is 0.824. The van der Waals surface area contributed by atoms with Gasteiger partial charge in [0.25, 0.3) is 0 Å². The van der Waals surface area contributed by atoms with Crippen LogP contribution in [0.1, 0.15) is 49.3 Å². The molecule has 19 heavy (non-hydrogen) atoms. The molecule has 1 aliphatic rings. The largest absolute Gasteiger partial charge is 0.478 e. The third kappa shape index (κ3) is 3.38. The summed E-state index contributed by atoms with van der Waals surface area (Å²) < 4.78 is 0. The molecule has 0 saturated carbocycles. The maximum absolute atomic E-state index is 10.9. The number of benzene rings is 1. The van der Waals surface area contributed by atoms with Gasteiger partial charge in [-0.3, -0.25) is 0 Å². The van der Waals surface area contributed by atoms with Crippen molar-refractivity contribution in [3.8, 4) is 0 Å². The van der Waals surface area contributed by atoms with Gasteiger partial charge in [-0.25, -0.2) is 4.79 Å². The Morgan fingerprint density at radius 1 is 1.32 bits per heavy atom. The lowest BCUT2D eigenvalue weighted by Gasteiger charge is -2.19. The number of allylic oxidation sites excluding steroid dienone is 1. The monoisotopic (exact) mass is 278 g/mol. The molecule has 1 aromatic rings. The van der Waals surface area contributed by atoms with E-state index < -0.39 is 5.97 Å². The highest BCUT2D eigenvalue weighted by atomic mass is 35.5. The van der Waals surface area contributed by atoms with Crippen molar-refractivity contribution in [1.29, 1.82) is 0 Å². The summed E-state index contributed by atoms with van der Waals surface area (Å²) in [6, 6.07) is 4.12. The molecule has 102 valence electrons. The summed E-state index contributed by atoms with van der Waals surface area (Å²) in [5.41, 5.74) is 4.38. The van der Waals surface area contributed by atoms with Crippen LogP contribution in [0.5, 0.6) is 0 Å². The van der Waals surface area contributed by atoms with Crippen LogP contribution in [0.4, 0.5) is 0 Å². The maximum atomic E-state index is 10.9. The van der Waals surface area contributed by atoms with Crippen molar-refractivity contribution >= 4 is 23.1 Å². The van der Waals surface area contributed by atoms with Gasteiger partial charge in [0.15, 0.2) is 0 Å². The molecule has 0 aliphatic heterocycles. The van der Waals surface area contributed by atoms with Gasteiger partial charge in [-0.05, 0) is 66.5 Å². The smallest absolute Gasteiger partial charge is 0.328 e. The number of hydrogen-bond acceptors (Lipinski definition) is 1. The van der Waals surface area contributed by atoms with Gasteiger partial charge in [0.2, 0.25) is 0 Å². The van der Waals surface area contributed by atoms with Gasteiger partial charge < -0.3 is 5.11 Å². The van der Waals surface area contributed by atoms with E-state index in [1.165, 1.54) is 30.0 Å². The van der Waals surface area contributed by atoms with Crippen molar-refractivity contribution in [3.63, 3.8) is 0 Å². The molecule has 0 aromatic heterocycles. The number of carboxylic acid groups (broad SMARTS) is 1. The van der Waals surface area contributed by atoms with Gasteiger partial charge in [-0.1, -0.05) is 24.9 Å². The molecule has 0 bridgehead atoms. The third-order valence-corrected chi connectivity index (χ3v) is 3.91. The predicted molar refractivity (Wildman–Crippen MR) is 78.6 cm³/mol. The Kier molecular flexibility index (Phi) is 4.65. The Morgan fingerprint density at radius 3 is 2.53 bits per heavy atom. The van der Waals surface area contributed by atoms with Crippen molar-refractivity contribution < 1.29 is 9.90 Å². The fourth-order valence-electron chi connectivity index (χ4n) is 2.70. The summed E-state index contributed by atoms with van der Waals surface area (Å²) in [6.45, 7) is 2.04. The summed E-state index contributed by atoms with van der Waals surface area (Å²) in [6.07, 6.45) is 7.53. The second-order valence-electron chi connectivity index (χ2n) is 5.07. The van der Waals surface area contributed by atoms with Crippen LogP contribution in [0.3, 0.4) is 0 Å². The van der Waals surface area contributed by atoms with Crippen LogP contribution in [-0.2, 0) is 17.6 Å². The first kappa shape index (κ1) is 14.1. The second kappa shape index (κ2) is 6.25. The zero-order valence-corrected chi connectivity index (χ0v) is 12.0. The van der Waals surface area contributed by atoms with E-state index in [9.17, 15) is 4.79 Å². The van der Waals surface area contributed by atoms with E-state index in [4.69, 9.17) is 16.7 Å². The highest BCUT2D eigenvalue weighted by Gasteiger charge is 2.15. The maximum Gasteiger partial charge on any atom is 0.328 e. The summed E-state index contributed by atoms with van der Waals surface area (Å²) in [5, 5.41) is 9.66. The van der Waals surface area contributed by atoms with E-state index in [1.54, 1.807) is 0 Å². The average Bonchev–Trinajstić information content (AvgIpc) is 2.37. The molecular formula is C16H19ClO2. The van der Waals surface area contributed by atoms with Crippen molar-refractivity contribution in [2.75, 3.05) is 0 Å². The molecule has 3 heteroatoms. The van der Waals surface area contributed by atoms with E-state index in [2.05, 4.69) is 6.07 Å². The summed E-state index contributed by atoms with van der Waals surface area (Å²) in [7, 11) is 0. The molecule has 0 spiro atoms. The highest BCUT2D eigenvalue weighted by Crippen LogP contribution is 2.33. The fourth-order valence-corrected chi connectivity index (χ4v) is 3.01. The number of aliphatic carboxylic acids is 1. The number of halogens is 1. The standard InChI is InChI=1S/C16H19ClO2/c1-2-5-13(10-16(18)19)14-8-11-6-3-4-7-12(11)9-15(14)17/h8-10H,2-7H2,1H3,(H,18,19)/b13-10+. The van der Waals surface area contributed by atoms with Crippen LogP contribution in [0, 0.1) is 0 Å². The first-order valence-electron chi connectivity index (χ1n) is 6.87. The van der Waals surface area contributed by atoms with Crippen molar-refractivity contribution in [2.24, 2.45) is 0 Å². The molecule has 2 rings (SSSR count). The van der Waals surface area contributed by atoms with Gasteiger partial charge in [0, 0.05) is 11.1 Å². The first-order chi connectivity index (χ1) is 9.11. The Morgan fingerprint density at radius 2 is 1.95 bits per heavy atom. The molecule has 0 unspecified atom stereocenters. The van der Waals surface area contributed by atoms with Gasteiger partial charge in [0.1, 0.15) is 0 Å². The fraction of sp³-hybridized carbons (Fsp3) is 0.438. The minimum Gasteiger partial charge on any atom is -0.478 e. The minimum atomic E-state index is -0.905. The molecule has 2 nitrogen and oxygen atoms in total. The number of aryl methyl sites for hydroxylation is 2. The van der Waals surface area contributed by atoms with E-state index in [1.807, 2.05) is 13.0 Å². The van der Waals surface area contributed by atoms with Gasteiger partial charge >= 0.3 is 5.97 Å². The Balaban J connectivity index is 2.44.